The largest absolute Gasteiger partial charge is 0.433 e. The van der Waals surface area contributed by atoms with Crippen molar-refractivity contribution in [1.82, 2.24) is 10.3 Å². The van der Waals surface area contributed by atoms with Gasteiger partial charge in [-0.3, -0.25) is 4.79 Å². The number of halogens is 4. The van der Waals surface area contributed by atoms with Crippen molar-refractivity contribution in [1.29, 1.82) is 0 Å². The molecule has 168 valence electrons. The van der Waals surface area contributed by atoms with Crippen molar-refractivity contribution in [3.8, 4) is 0 Å². The molecule has 0 bridgehead atoms. The summed E-state index contributed by atoms with van der Waals surface area (Å²) in [5.74, 6) is 0.490. The van der Waals surface area contributed by atoms with Gasteiger partial charge in [-0.15, -0.1) is 0 Å². The summed E-state index contributed by atoms with van der Waals surface area (Å²) in [5, 5.41) is 2.30. The van der Waals surface area contributed by atoms with E-state index in [9.17, 15) is 26.4 Å². The molecular formula is C20H26ClF3N2O3S. The number of pyridine rings is 1. The molecule has 2 aliphatic carbocycles. The van der Waals surface area contributed by atoms with Gasteiger partial charge in [0.2, 0.25) is 0 Å². The number of hydrogen-bond acceptors (Lipinski definition) is 4. The molecule has 10 heteroatoms. The third-order valence-corrected chi connectivity index (χ3v) is 8.17. The van der Waals surface area contributed by atoms with Crippen LogP contribution in [0.3, 0.4) is 0 Å². The van der Waals surface area contributed by atoms with Crippen molar-refractivity contribution in [2.24, 2.45) is 17.3 Å². The van der Waals surface area contributed by atoms with Gasteiger partial charge < -0.3 is 5.32 Å². The van der Waals surface area contributed by atoms with Crippen LogP contribution in [0.1, 0.15) is 61.5 Å². The third kappa shape index (κ3) is 5.87. The minimum atomic E-state index is -4.63. The molecular weight excluding hydrogens is 441 g/mol. The molecule has 3 rings (SSSR count). The van der Waals surface area contributed by atoms with Crippen LogP contribution in [0.5, 0.6) is 0 Å². The number of aromatic nitrogens is 1. The quantitative estimate of drug-likeness (QED) is 0.543. The van der Waals surface area contributed by atoms with E-state index in [0.717, 1.165) is 44.2 Å². The number of nitrogens with zero attached hydrogens (tertiary/aromatic N) is 1. The molecule has 1 N–H and O–H groups in total. The van der Waals surface area contributed by atoms with Crippen LogP contribution in [0.4, 0.5) is 13.2 Å². The first-order chi connectivity index (χ1) is 13.9. The molecule has 1 amide bonds. The highest BCUT2D eigenvalue weighted by Gasteiger charge is 2.48. The lowest BCUT2D eigenvalue weighted by Crippen LogP contribution is -2.48. The average molecular weight is 467 g/mol. The maximum atomic E-state index is 12.7. The van der Waals surface area contributed by atoms with Gasteiger partial charge in [-0.1, -0.05) is 31.4 Å². The van der Waals surface area contributed by atoms with Gasteiger partial charge in [0.05, 0.1) is 11.3 Å². The highest BCUT2D eigenvalue weighted by molar-refractivity contribution is 7.91. The summed E-state index contributed by atoms with van der Waals surface area (Å²) in [6, 6.07) is 1.76. The summed E-state index contributed by atoms with van der Waals surface area (Å²) in [5.41, 5.74) is -1.41. The zero-order chi connectivity index (χ0) is 22.2. The number of alkyl halides is 3. The summed E-state index contributed by atoms with van der Waals surface area (Å²) < 4.78 is 62.4. The molecule has 30 heavy (non-hydrogen) atoms. The van der Waals surface area contributed by atoms with Gasteiger partial charge in [0.15, 0.2) is 9.84 Å². The highest BCUT2D eigenvalue weighted by atomic mass is 35.5. The molecule has 0 aromatic carbocycles. The first kappa shape index (κ1) is 23.3. The maximum Gasteiger partial charge on any atom is 0.433 e. The van der Waals surface area contributed by atoms with Crippen molar-refractivity contribution in [3.05, 3.63) is 28.5 Å². The second-order valence-corrected chi connectivity index (χ2v) is 11.3. The van der Waals surface area contributed by atoms with E-state index < -0.39 is 32.8 Å². The molecule has 1 aromatic heterocycles. The first-order valence-corrected chi connectivity index (χ1v) is 12.4. The molecule has 2 saturated carbocycles. The number of sulfone groups is 1. The van der Waals surface area contributed by atoms with Crippen molar-refractivity contribution in [3.63, 3.8) is 0 Å². The van der Waals surface area contributed by atoms with E-state index in [4.69, 9.17) is 11.6 Å². The van der Waals surface area contributed by atoms with Crippen LogP contribution in [-0.2, 0) is 16.0 Å². The van der Waals surface area contributed by atoms with E-state index >= 15 is 0 Å². The first-order valence-electron chi connectivity index (χ1n) is 10.2. The van der Waals surface area contributed by atoms with Gasteiger partial charge in [-0.05, 0) is 55.1 Å². The lowest BCUT2D eigenvalue weighted by atomic mass is 9.60. The Morgan fingerprint density at radius 1 is 1.27 bits per heavy atom. The summed E-state index contributed by atoms with van der Waals surface area (Å²) >= 11 is 5.81. The Balaban J connectivity index is 1.61. The van der Waals surface area contributed by atoms with Crippen LogP contribution < -0.4 is 5.32 Å². The van der Waals surface area contributed by atoms with Gasteiger partial charge in [0.25, 0.3) is 5.91 Å². The van der Waals surface area contributed by atoms with Crippen LogP contribution >= 0.6 is 11.6 Å². The second kappa shape index (κ2) is 8.65. The molecule has 2 fully saturated rings. The Kier molecular flexibility index (Phi) is 6.72. The van der Waals surface area contributed by atoms with Crippen LogP contribution in [-0.4, -0.2) is 37.4 Å². The van der Waals surface area contributed by atoms with Crippen LogP contribution in [0, 0.1) is 17.3 Å². The summed E-state index contributed by atoms with van der Waals surface area (Å²) in [7, 11) is -3.06. The topological polar surface area (TPSA) is 76.1 Å². The normalized spacial score (nSPS) is 24.4. The van der Waals surface area contributed by atoms with E-state index in [0.29, 0.717) is 18.9 Å². The SMILES string of the molecule is CCCS(=O)(=O)C[C@H]1C[C@](CNC(=O)c2ccc(C(F)(F)F)nc2Cl)(CC2CC2)C1. The molecule has 0 unspecified atom stereocenters. The third-order valence-electron chi connectivity index (χ3n) is 5.87. The minimum Gasteiger partial charge on any atom is -0.351 e. The van der Waals surface area contributed by atoms with Crippen molar-refractivity contribution < 1.29 is 26.4 Å². The van der Waals surface area contributed by atoms with E-state index in [2.05, 4.69) is 10.3 Å². The zero-order valence-corrected chi connectivity index (χ0v) is 18.3. The Hall–Kier alpha value is -1.35. The minimum absolute atomic E-state index is 0.0912. The van der Waals surface area contributed by atoms with Crippen LogP contribution in [0.15, 0.2) is 12.1 Å². The lowest BCUT2D eigenvalue weighted by molar-refractivity contribution is -0.141. The Bertz CT molecular complexity index is 895. The average Bonchev–Trinajstić information content (AvgIpc) is 3.40. The molecule has 0 saturated heterocycles. The lowest BCUT2D eigenvalue weighted by Gasteiger charge is -2.48. The Morgan fingerprint density at radius 3 is 2.47 bits per heavy atom. The van der Waals surface area contributed by atoms with E-state index in [1.54, 1.807) is 0 Å². The fourth-order valence-corrected chi connectivity index (χ4v) is 6.46. The predicted molar refractivity (Wildman–Crippen MR) is 108 cm³/mol. The molecule has 0 radical (unpaired) electrons. The number of carbonyl (C=O) groups excluding carboxylic acids is 1. The summed E-state index contributed by atoms with van der Waals surface area (Å²) in [4.78, 5) is 15.8. The monoisotopic (exact) mass is 466 g/mol. The number of amides is 1. The maximum absolute atomic E-state index is 12.7. The zero-order valence-electron chi connectivity index (χ0n) is 16.8. The van der Waals surface area contributed by atoms with Crippen molar-refractivity contribution >= 4 is 27.3 Å². The second-order valence-electron chi connectivity index (χ2n) is 8.75. The van der Waals surface area contributed by atoms with E-state index in [-0.39, 0.29) is 28.4 Å². The summed E-state index contributed by atoms with van der Waals surface area (Å²) in [6.45, 7) is 2.19. The Labute approximate surface area is 179 Å². The van der Waals surface area contributed by atoms with Crippen LogP contribution in [0.25, 0.3) is 0 Å². The molecule has 0 aliphatic heterocycles. The molecule has 0 spiro atoms. The smallest absolute Gasteiger partial charge is 0.351 e. The van der Waals surface area contributed by atoms with Gasteiger partial charge in [0, 0.05) is 12.3 Å². The van der Waals surface area contributed by atoms with Gasteiger partial charge in [-0.2, -0.15) is 13.2 Å². The summed E-state index contributed by atoms with van der Waals surface area (Å²) in [6.07, 6.45) is 0.632. The van der Waals surface area contributed by atoms with Gasteiger partial charge in [-0.25, -0.2) is 13.4 Å². The number of rotatable bonds is 9. The molecule has 5 nitrogen and oxygen atoms in total. The molecule has 1 heterocycles. The predicted octanol–water partition coefficient (Wildman–Crippen LogP) is 4.50. The van der Waals surface area contributed by atoms with Crippen LogP contribution in [0.2, 0.25) is 5.15 Å². The van der Waals surface area contributed by atoms with Crippen molar-refractivity contribution in [2.45, 2.75) is 51.6 Å². The van der Waals surface area contributed by atoms with E-state index in [1.807, 2.05) is 6.92 Å². The molecule has 1 aromatic rings. The Morgan fingerprint density at radius 2 is 1.93 bits per heavy atom. The molecule has 2 aliphatic rings. The standard InChI is InChI=1S/C20H26ClF3N2O3S/c1-2-7-30(28,29)11-14-9-19(10-14,8-13-3-4-13)12-25-18(27)15-5-6-16(20(22,23)24)26-17(15)21/h5-6,13-14H,2-4,7-12H2,1H3,(H,25,27)/t14-,19+. The van der Waals surface area contributed by atoms with E-state index in [1.165, 1.54) is 0 Å². The van der Waals surface area contributed by atoms with Crippen molar-refractivity contribution in [2.75, 3.05) is 18.1 Å². The fourth-order valence-electron chi connectivity index (χ4n) is 4.48. The van der Waals surface area contributed by atoms with Gasteiger partial charge in [0.1, 0.15) is 10.8 Å². The number of carbonyl (C=O) groups is 1. The highest BCUT2D eigenvalue weighted by Crippen LogP contribution is 2.54. The number of hydrogen-bond donors (Lipinski definition) is 1. The van der Waals surface area contributed by atoms with Gasteiger partial charge >= 0.3 is 6.18 Å². The fraction of sp³-hybridized carbons (Fsp3) is 0.700. The number of nitrogens with one attached hydrogen (secondary N) is 1. The molecule has 0 atom stereocenters.